The summed E-state index contributed by atoms with van der Waals surface area (Å²) in [6, 6.07) is 0. The Labute approximate surface area is 153 Å². The van der Waals surface area contributed by atoms with Gasteiger partial charge in [0.2, 0.25) is 11.9 Å². The van der Waals surface area contributed by atoms with E-state index in [0.29, 0.717) is 13.0 Å². The zero-order valence-electron chi connectivity index (χ0n) is 14.9. The Morgan fingerprint density at radius 3 is 3.00 bits per heavy atom. The van der Waals surface area contributed by atoms with Gasteiger partial charge in [0.25, 0.3) is 5.56 Å². The summed E-state index contributed by atoms with van der Waals surface area (Å²) in [6.45, 7) is 3.40. The number of hydrogen-bond acceptors (Lipinski definition) is 8. The number of amides is 1. The number of aromatic amines is 1. The SMILES string of the molecule is CC(C)C(=O)Nc1nc2c(ncn2[C@@H]2O[C@@]3(CO)CCO[C@@H]2[C@@H]3O)c(=O)[nH]1. The highest BCUT2D eigenvalue weighted by Gasteiger charge is 2.58. The number of nitrogens with one attached hydrogen (secondary N) is 2. The third kappa shape index (κ3) is 2.74. The van der Waals surface area contributed by atoms with E-state index in [1.165, 1.54) is 10.9 Å². The van der Waals surface area contributed by atoms with Crippen molar-refractivity contribution >= 4 is 23.0 Å². The molecule has 4 N–H and O–H groups in total. The number of ether oxygens (including phenoxy) is 2. The van der Waals surface area contributed by atoms with Crippen LogP contribution in [-0.4, -0.2) is 66.7 Å². The third-order valence-electron chi connectivity index (χ3n) is 5.06. The summed E-state index contributed by atoms with van der Waals surface area (Å²) in [5, 5.41) is 22.8. The summed E-state index contributed by atoms with van der Waals surface area (Å²) in [4.78, 5) is 35.0. The second-order valence-electron chi connectivity index (χ2n) is 7.14. The summed E-state index contributed by atoms with van der Waals surface area (Å²) in [7, 11) is 0. The molecule has 4 atom stereocenters. The molecule has 0 aromatic carbocycles. The maximum absolute atomic E-state index is 12.3. The van der Waals surface area contributed by atoms with Crippen molar-refractivity contribution in [3.05, 3.63) is 16.7 Å². The van der Waals surface area contributed by atoms with Crippen LogP contribution < -0.4 is 10.9 Å². The molecule has 0 unspecified atom stereocenters. The van der Waals surface area contributed by atoms with Crippen LogP contribution in [0.3, 0.4) is 0 Å². The minimum absolute atomic E-state index is 0.00717. The standard InChI is InChI=1S/C16H21N5O6/c1-7(2)12(24)19-15-18-11-8(13(25)20-15)17-6-21(11)14-9-10(23)16(5-22,27-14)3-4-26-9/h6-7,9-10,14,22-23H,3-5H2,1-2H3,(H2,18,19,20,24,25)/t9-,10+,14-,16-/m1/s1. The number of H-pyrrole nitrogens is 1. The van der Waals surface area contributed by atoms with E-state index in [1.807, 2.05) is 0 Å². The monoisotopic (exact) mass is 379 g/mol. The zero-order valence-corrected chi connectivity index (χ0v) is 14.9. The van der Waals surface area contributed by atoms with Gasteiger partial charge in [-0.15, -0.1) is 0 Å². The summed E-state index contributed by atoms with van der Waals surface area (Å²) in [5.74, 6) is -0.594. The number of aliphatic hydroxyl groups excluding tert-OH is 2. The molecule has 0 saturated carbocycles. The van der Waals surface area contributed by atoms with E-state index in [0.717, 1.165) is 0 Å². The second-order valence-corrected chi connectivity index (χ2v) is 7.14. The lowest BCUT2D eigenvalue weighted by Gasteiger charge is -2.33. The predicted octanol–water partition coefficient (Wildman–Crippen LogP) is -0.876. The molecule has 27 heavy (non-hydrogen) atoms. The Morgan fingerprint density at radius 1 is 1.56 bits per heavy atom. The summed E-state index contributed by atoms with van der Waals surface area (Å²) in [6.07, 6.45) is -0.872. The van der Waals surface area contributed by atoms with Gasteiger partial charge < -0.3 is 19.7 Å². The van der Waals surface area contributed by atoms with Gasteiger partial charge in [-0.05, 0) is 0 Å². The minimum atomic E-state index is -1.12. The van der Waals surface area contributed by atoms with Gasteiger partial charge in [0, 0.05) is 12.3 Å². The van der Waals surface area contributed by atoms with Crippen LogP contribution in [0.5, 0.6) is 0 Å². The van der Waals surface area contributed by atoms with Crippen LogP contribution in [0.2, 0.25) is 0 Å². The Hall–Kier alpha value is -2.34. The number of imidazole rings is 1. The Balaban J connectivity index is 1.76. The maximum Gasteiger partial charge on any atom is 0.280 e. The molecule has 0 spiro atoms. The fourth-order valence-electron chi connectivity index (χ4n) is 3.44. The van der Waals surface area contributed by atoms with Gasteiger partial charge in [-0.1, -0.05) is 13.8 Å². The average Bonchev–Trinajstić information content (AvgIpc) is 3.09. The van der Waals surface area contributed by atoms with Crippen molar-refractivity contribution in [1.82, 2.24) is 19.5 Å². The van der Waals surface area contributed by atoms with Gasteiger partial charge in [-0.2, -0.15) is 4.98 Å². The van der Waals surface area contributed by atoms with E-state index in [1.54, 1.807) is 13.8 Å². The molecule has 0 radical (unpaired) electrons. The highest BCUT2D eigenvalue weighted by Crippen LogP contribution is 2.44. The lowest BCUT2D eigenvalue weighted by atomic mass is 9.90. The van der Waals surface area contributed by atoms with Crippen molar-refractivity contribution in [2.75, 3.05) is 18.5 Å². The Morgan fingerprint density at radius 2 is 2.33 bits per heavy atom. The van der Waals surface area contributed by atoms with Crippen LogP contribution in [0.4, 0.5) is 5.95 Å². The molecule has 2 aromatic rings. The first-order valence-electron chi connectivity index (χ1n) is 8.72. The van der Waals surface area contributed by atoms with E-state index in [2.05, 4.69) is 20.3 Å². The summed E-state index contributed by atoms with van der Waals surface area (Å²) >= 11 is 0. The number of carbonyl (C=O) groups is 1. The van der Waals surface area contributed by atoms with Gasteiger partial charge >= 0.3 is 0 Å². The predicted molar refractivity (Wildman–Crippen MR) is 91.9 cm³/mol. The van der Waals surface area contributed by atoms with Crippen LogP contribution in [0, 0.1) is 5.92 Å². The van der Waals surface area contributed by atoms with Crippen LogP contribution >= 0.6 is 0 Å². The van der Waals surface area contributed by atoms with Crippen LogP contribution in [-0.2, 0) is 14.3 Å². The topological polar surface area (TPSA) is 152 Å². The molecule has 4 heterocycles. The normalized spacial score (nSPS) is 30.2. The van der Waals surface area contributed by atoms with Gasteiger partial charge in [-0.3, -0.25) is 24.5 Å². The molecular formula is C16H21N5O6. The van der Waals surface area contributed by atoms with Crippen molar-refractivity contribution in [2.24, 2.45) is 5.92 Å². The molecule has 0 aliphatic carbocycles. The first-order chi connectivity index (χ1) is 12.9. The summed E-state index contributed by atoms with van der Waals surface area (Å²) in [5.41, 5.74) is -1.40. The lowest BCUT2D eigenvalue weighted by Crippen LogP contribution is -2.51. The van der Waals surface area contributed by atoms with E-state index >= 15 is 0 Å². The fourth-order valence-corrected chi connectivity index (χ4v) is 3.44. The van der Waals surface area contributed by atoms with Crippen LogP contribution in [0.15, 0.2) is 11.1 Å². The van der Waals surface area contributed by atoms with E-state index in [9.17, 15) is 19.8 Å². The molecule has 2 saturated heterocycles. The molecule has 2 aromatic heterocycles. The number of carbonyl (C=O) groups excluding carboxylic acids is 1. The largest absolute Gasteiger partial charge is 0.393 e. The quantitative estimate of drug-likeness (QED) is 0.535. The molecule has 146 valence electrons. The van der Waals surface area contributed by atoms with E-state index < -0.39 is 29.6 Å². The highest BCUT2D eigenvalue weighted by molar-refractivity contribution is 5.91. The number of hydrogen-bond donors (Lipinski definition) is 4. The molecule has 2 bridgehead atoms. The number of aliphatic hydroxyl groups is 2. The van der Waals surface area contributed by atoms with Gasteiger partial charge in [0.05, 0.1) is 19.5 Å². The first-order valence-corrected chi connectivity index (χ1v) is 8.72. The van der Waals surface area contributed by atoms with Crippen molar-refractivity contribution < 1.29 is 24.5 Å². The fraction of sp³-hybridized carbons (Fsp3) is 0.625. The minimum Gasteiger partial charge on any atom is -0.393 e. The molecule has 1 amide bonds. The van der Waals surface area contributed by atoms with Crippen molar-refractivity contribution in [3.63, 3.8) is 0 Å². The van der Waals surface area contributed by atoms with Crippen molar-refractivity contribution in [2.45, 2.75) is 44.3 Å². The number of nitrogens with zero attached hydrogens (tertiary/aromatic N) is 3. The second kappa shape index (κ2) is 6.37. The lowest BCUT2D eigenvalue weighted by molar-refractivity contribution is -0.143. The molecule has 2 aliphatic rings. The van der Waals surface area contributed by atoms with Gasteiger partial charge in [0.1, 0.15) is 17.8 Å². The number of fused-ring (bicyclic) bond motifs is 3. The maximum atomic E-state index is 12.3. The average molecular weight is 379 g/mol. The molecule has 2 fully saturated rings. The molecular weight excluding hydrogens is 358 g/mol. The molecule has 4 rings (SSSR count). The van der Waals surface area contributed by atoms with E-state index in [-0.39, 0.29) is 35.5 Å². The number of rotatable bonds is 4. The van der Waals surface area contributed by atoms with Crippen LogP contribution in [0.25, 0.3) is 11.2 Å². The van der Waals surface area contributed by atoms with Crippen LogP contribution in [0.1, 0.15) is 26.5 Å². The first kappa shape index (κ1) is 18.0. The number of aromatic nitrogens is 4. The van der Waals surface area contributed by atoms with E-state index in [4.69, 9.17) is 9.47 Å². The summed E-state index contributed by atoms with van der Waals surface area (Å²) < 4.78 is 13.1. The highest BCUT2D eigenvalue weighted by atomic mass is 16.6. The zero-order chi connectivity index (χ0) is 19.3. The van der Waals surface area contributed by atoms with Crippen molar-refractivity contribution in [3.8, 4) is 0 Å². The molecule has 11 nitrogen and oxygen atoms in total. The smallest absolute Gasteiger partial charge is 0.280 e. The molecule has 2 aliphatic heterocycles. The van der Waals surface area contributed by atoms with Gasteiger partial charge in [0.15, 0.2) is 17.4 Å². The third-order valence-corrected chi connectivity index (χ3v) is 5.06. The van der Waals surface area contributed by atoms with Crippen molar-refractivity contribution in [1.29, 1.82) is 0 Å². The Kier molecular flexibility index (Phi) is 4.26. The van der Waals surface area contributed by atoms with Gasteiger partial charge in [-0.25, -0.2) is 4.98 Å². The molecule has 11 heteroatoms. The Bertz CT molecular complexity index is 939. The number of anilines is 1.